The van der Waals surface area contributed by atoms with Crippen molar-refractivity contribution in [1.29, 1.82) is 0 Å². The second-order valence-corrected chi connectivity index (χ2v) is 7.67. The molecular formula is C12H14ClN6NaO8S2. The minimum Gasteiger partial charge on any atom is -1.00 e. The summed E-state index contributed by atoms with van der Waals surface area (Å²) in [6.07, 6.45) is 0. The molecule has 1 saturated heterocycles. The van der Waals surface area contributed by atoms with Gasteiger partial charge in [-0.05, 0) is 0 Å². The van der Waals surface area contributed by atoms with E-state index in [1.54, 1.807) is 0 Å². The number of hydrogen-bond acceptors (Lipinski definition) is 10. The second kappa shape index (κ2) is 10.5. The van der Waals surface area contributed by atoms with Gasteiger partial charge in [0.15, 0.2) is 16.9 Å². The maximum Gasteiger partial charge on any atom is 1.00 e. The number of halogens is 1. The van der Waals surface area contributed by atoms with E-state index in [2.05, 4.69) is 25.6 Å². The largest absolute Gasteiger partial charge is 1.00 e. The van der Waals surface area contributed by atoms with Crippen LogP contribution in [0, 0.1) is 0 Å². The Balaban J connectivity index is 0.00000450. The number of nitrogens with zero attached hydrogens (tertiary/aromatic N) is 3. The molecule has 0 saturated carbocycles. The van der Waals surface area contributed by atoms with Crippen molar-refractivity contribution in [3.05, 3.63) is 11.1 Å². The first-order valence-electron chi connectivity index (χ1n) is 7.35. The van der Waals surface area contributed by atoms with Crippen molar-refractivity contribution in [1.82, 2.24) is 14.6 Å². The average molecular weight is 493 g/mol. The molecule has 2 heterocycles. The van der Waals surface area contributed by atoms with Crippen LogP contribution in [-0.2, 0) is 34.3 Å². The number of β-lactam (4-membered cyclic amide) rings is 1. The van der Waals surface area contributed by atoms with Crippen molar-refractivity contribution in [3.8, 4) is 0 Å². The van der Waals surface area contributed by atoms with Crippen LogP contribution in [0.2, 0.25) is 0 Å². The number of anilines is 1. The van der Waals surface area contributed by atoms with E-state index >= 15 is 0 Å². The first kappa shape index (κ1) is 26.2. The summed E-state index contributed by atoms with van der Waals surface area (Å²) in [5.41, 5.74) is 4.54. The summed E-state index contributed by atoms with van der Waals surface area (Å²) < 4.78 is 31.2. The molecule has 0 aromatic carbocycles. The quantitative estimate of drug-likeness (QED) is 0.0680. The normalized spacial score (nSPS) is 18.7. The average Bonchev–Trinajstić information content (AvgIpc) is 3.07. The number of alkyl halides is 1. The molecule has 0 radical (unpaired) electrons. The molecule has 2 atom stereocenters. The minimum absolute atomic E-state index is 0. The Hall–Kier alpha value is -1.82. The predicted octanol–water partition coefficient (Wildman–Crippen LogP) is -5.23. The Morgan fingerprint density at radius 1 is 1.50 bits per heavy atom. The van der Waals surface area contributed by atoms with E-state index in [1.807, 2.05) is 0 Å². The summed E-state index contributed by atoms with van der Waals surface area (Å²) in [6, 6.07) is -3.50. The summed E-state index contributed by atoms with van der Waals surface area (Å²) >= 11 is 6.30. The maximum atomic E-state index is 12.5. The summed E-state index contributed by atoms with van der Waals surface area (Å²) in [5.74, 6) is -4.49. The smallest absolute Gasteiger partial charge is 1.00 e. The van der Waals surface area contributed by atoms with Crippen molar-refractivity contribution in [2.24, 2.45) is 10.9 Å². The standard InChI is InChI=1S/C12H13ClN6O8S2.Na.H/c1-27-18-6(4-3-28-12(15-4)16-5(20)2-13)10(22)17-7-8(9(14)21)19(11(7)23)29(24,25)26;;/h3,7-8H,2H2,1H3,(H2,14,21)(H,17,22)(H,15,16,20)(H,24,25,26);;/q;+1;-1/b18-6-;;. The van der Waals surface area contributed by atoms with Crippen molar-refractivity contribution in [2.45, 2.75) is 12.1 Å². The van der Waals surface area contributed by atoms with Crippen LogP contribution in [0.25, 0.3) is 0 Å². The van der Waals surface area contributed by atoms with Gasteiger partial charge in [-0.15, -0.1) is 22.9 Å². The maximum absolute atomic E-state index is 12.5. The first-order valence-corrected chi connectivity index (χ1v) is 10.2. The fourth-order valence-electron chi connectivity index (χ4n) is 2.24. The van der Waals surface area contributed by atoms with Crippen LogP contribution in [0.4, 0.5) is 5.13 Å². The fraction of sp³-hybridized carbons (Fsp3) is 0.333. The van der Waals surface area contributed by atoms with Crippen molar-refractivity contribution >= 4 is 67.7 Å². The minimum atomic E-state index is -5.06. The molecule has 160 valence electrons. The molecule has 30 heavy (non-hydrogen) atoms. The summed E-state index contributed by atoms with van der Waals surface area (Å²) in [4.78, 5) is 55.7. The Morgan fingerprint density at radius 2 is 2.13 bits per heavy atom. The van der Waals surface area contributed by atoms with Crippen LogP contribution in [0.5, 0.6) is 0 Å². The van der Waals surface area contributed by atoms with E-state index in [0.717, 1.165) is 18.4 Å². The number of rotatable bonds is 8. The molecule has 1 aliphatic rings. The summed E-state index contributed by atoms with van der Waals surface area (Å²) in [7, 11) is -3.93. The molecule has 4 amide bonds. The Kier molecular flexibility index (Phi) is 9.15. The Bertz CT molecular complexity index is 1000. The molecule has 1 fully saturated rings. The van der Waals surface area contributed by atoms with E-state index < -0.39 is 51.7 Å². The summed E-state index contributed by atoms with van der Waals surface area (Å²) in [5, 5.41) is 9.35. The number of nitrogens with two attached hydrogens (primary N) is 1. The van der Waals surface area contributed by atoms with Crippen LogP contribution in [0.3, 0.4) is 0 Å². The van der Waals surface area contributed by atoms with Crippen LogP contribution >= 0.6 is 22.9 Å². The number of aromatic nitrogens is 1. The number of hydrogen-bond donors (Lipinski definition) is 4. The molecule has 2 rings (SSSR count). The van der Waals surface area contributed by atoms with Gasteiger partial charge in [-0.2, -0.15) is 12.7 Å². The van der Waals surface area contributed by atoms with Crippen LogP contribution in [0.15, 0.2) is 10.5 Å². The zero-order chi connectivity index (χ0) is 21.9. The van der Waals surface area contributed by atoms with Crippen LogP contribution in [0.1, 0.15) is 7.12 Å². The van der Waals surface area contributed by atoms with Crippen molar-refractivity contribution < 1.29 is 68.0 Å². The number of oxime groups is 1. The first-order chi connectivity index (χ1) is 13.5. The molecular weight excluding hydrogens is 479 g/mol. The third kappa shape index (κ3) is 5.65. The molecule has 14 nitrogen and oxygen atoms in total. The molecule has 0 bridgehead atoms. The monoisotopic (exact) mass is 492 g/mol. The number of carbonyl (C=O) groups is 4. The summed E-state index contributed by atoms with van der Waals surface area (Å²) in [6.45, 7) is 0. The van der Waals surface area contributed by atoms with E-state index in [9.17, 15) is 27.6 Å². The van der Waals surface area contributed by atoms with E-state index in [4.69, 9.17) is 21.9 Å². The van der Waals surface area contributed by atoms with Gasteiger partial charge in [0.25, 0.3) is 11.8 Å². The predicted molar refractivity (Wildman–Crippen MR) is 99.4 cm³/mol. The molecule has 0 aliphatic carbocycles. The third-order valence-corrected chi connectivity index (χ3v) is 5.30. The topological polar surface area (TPSA) is 210 Å². The molecule has 2 unspecified atom stereocenters. The van der Waals surface area contributed by atoms with E-state index in [0.29, 0.717) is 0 Å². The van der Waals surface area contributed by atoms with Gasteiger partial charge in [0.2, 0.25) is 11.8 Å². The van der Waals surface area contributed by atoms with Gasteiger partial charge >= 0.3 is 39.9 Å². The van der Waals surface area contributed by atoms with Gasteiger partial charge in [0, 0.05) is 5.38 Å². The van der Waals surface area contributed by atoms with Crippen molar-refractivity contribution in [3.63, 3.8) is 0 Å². The molecule has 18 heteroatoms. The number of nitrogens with one attached hydrogen (secondary N) is 2. The zero-order valence-electron chi connectivity index (χ0n) is 16.4. The second-order valence-electron chi connectivity index (χ2n) is 5.25. The molecule has 5 N–H and O–H groups in total. The van der Waals surface area contributed by atoms with Gasteiger partial charge in [0.05, 0.1) is 0 Å². The van der Waals surface area contributed by atoms with Crippen LogP contribution in [-0.4, -0.2) is 76.7 Å². The van der Waals surface area contributed by atoms with Gasteiger partial charge in [0.1, 0.15) is 24.7 Å². The molecule has 1 aliphatic heterocycles. The third-order valence-electron chi connectivity index (χ3n) is 3.39. The number of amides is 4. The number of primary amides is 1. The molecule has 1 aromatic rings. The van der Waals surface area contributed by atoms with Gasteiger partial charge in [-0.3, -0.25) is 23.7 Å². The fourth-order valence-corrected chi connectivity index (χ4v) is 3.87. The number of carbonyl (C=O) groups excluding carboxylic acids is 4. The van der Waals surface area contributed by atoms with Crippen molar-refractivity contribution in [2.75, 3.05) is 18.3 Å². The Morgan fingerprint density at radius 3 is 2.63 bits per heavy atom. The molecule has 1 aromatic heterocycles. The molecule has 0 spiro atoms. The van der Waals surface area contributed by atoms with Crippen LogP contribution < -0.4 is 45.9 Å². The van der Waals surface area contributed by atoms with E-state index in [-0.39, 0.29) is 52.0 Å². The van der Waals surface area contributed by atoms with Gasteiger partial charge in [-0.1, -0.05) is 5.16 Å². The Labute approximate surface area is 201 Å². The van der Waals surface area contributed by atoms with Gasteiger partial charge in [-0.25, -0.2) is 4.98 Å². The SMILES string of the molecule is CO/N=C(\C(=O)NC1C(=O)N(S(=O)(=O)O)C1C(N)=O)c1csc(NC(=O)CCl)n1.[H-].[Na+]. The van der Waals surface area contributed by atoms with E-state index in [1.165, 1.54) is 5.38 Å². The number of thiazole rings is 1. The van der Waals surface area contributed by atoms with Gasteiger partial charge < -0.3 is 22.6 Å². The zero-order valence-corrected chi connectivity index (χ0v) is 19.7.